The Morgan fingerprint density at radius 1 is 1.35 bits per heavy atom. The van der Waals surface area contributed by atoms with Gasteiger partial charge in [-0.1, -0.05) is 19.4 Å². The Labute approximate surface area is 119 Å². The van der Waals surface area contributed by atoms with Crippen molar-refractivity contribution in [1.29, 1.82) is 0 Å². The molecule has 0 saturated carbocycles. The normalized spacial score (nSPS) is 12.8. The van der Waals surface area contributed by atoms with Gasteiger partial charge in [0.25, 0.3) is 0 Å². The minimum atomic E-state index is -3.41. The second-order valence-electron chi connectivity index (χ2n) is 4.81. The third-order valence-corrected chi connectivity index (χ3v) is 3.26. The number of carbonyl (C=O) groups is 1. The maximum atomic E-state index is 11.9. The average Bonchev–Trinajstić information content (AvgIpc) is 2.31. The molecule has 0 fully saturated rings. The van der Waals surface area contributed by atoms with Crippen LogP contribution in [0.15, 0.2) is 18.2 Å². The standard InChI is InChI=1S/C13H21N3O3S/c1-4-5-10(14)13(17)15-12-8-9(2)6-7-11(12)16-20(3,18)19/h6-8,10,16H,4-5,14H2,1-3H3,(H,15,17). The zero-order chi connectivity index (χ0) is 15.3. The van der Waals surface area contributed by atoms with Crippen LogP contribution in [0.1, 0.15) is 25.3 Å². The largest absolute Gasteiger partial charge is 0.323 e. The smallest absolute Gasteiger partial charge is 0.241 e. The highest BCUT2D eigenvalue weighted by Crippen LogP contribution is 2.24. The monoisotopic (exact) mass is 299 g/mol. The van der Waals surface area contributed by atoms with Crippen LogP contribution in [0.25, 0.3) is 0 Å². The summed E-state index contributed by atoms with van der Waals surface area (Å²) in [4.78, 5) is 11.9. The van der Waals surface area contributed by atoms with Crippen molar-refractivity contribution in [2.45, 2.75) is 32.7 Å². The van der Waals surface area contributed by atoms with E-state index >= 15 is 0 Å². The van der Waals surface area contributed by atoms with E-state index in [4.69, 9.17) is 5.73 Å². The average molecular weight is 299 g/mol. The summed E-state index contributed by atoms with van der Waals surface area (Å²) in [5, 5.41) is 2.67. The van der Waals surface area contributed by atoms with E-state index in [0.717, 1.165) is 18.2 Å². The number of rotatable bonds is 6. The van der Waals surface area contributed by atoms with Crippen LogP contribution in [-0.2, 0) is 14.8 Å². The Hall–Kier alpha value is -1.60. The fourth-order valence-corrected chi connectivity index (χ4v) is 2.30. The van der Waals surface area contributed by atoms with Gasteiger partial charge in [-0.25, -0.2) is 8.42 Å². The lowest BCUT2D eigenvalue weighted by Crippen LogP contribution is -2.35. The lowest BCUT2D eigenvalue weighted by molar-refractivity contribution is -0.117. The molecule has 1 unspecified atom stereocenters. The van der Waals surface area contributed by atoms with Crippen LogP contribution in [0.5, 0.6) is 0 Å². The van der Waals surface area contributed by atoms with Crippen molar-refractivity contribution in [3.05, 3.63) is 23.8 Å². The van der Waals surface area contributed by atoms with E-state index in [9.17, 15) is 13.2 Å². The van der Waals surface area contributed by atoms with Gasteiger partial charge in [-0.15, -0.1) is 0 Å². The van der Waals surface area contributed by atoms with Gasteiger partial charge in [0, 0.05) is 0 Å². The molecular formula is C13H21N3O3S. The third kappa shape index (κ3) is 5.18. The number of aryl methyl sites for hydroxylation is 1. The topological polar surface area (TPSA) is 101 Å². The molecule has 112 valence electrons. The highest BCUT2D eigenvalue weighted by atomic mass is 32.2. The van der Waals surface area contributed by atoms with Gasteiger partial charge in [-0.2, -0.15) is 0 Å². The molecule has 1 atom stereocenters. The van der Waals surface area contributed by atoms with E-state index < -0.39 is 16.1 Å². The predicted octanol–water partition coefficient (Wildman–Crippen LogP) is 1.43. The number of benzene rings is 1. The van der Waals surface area contributed by atoms with Crippen LogP contribution in [0.3, 0.4) is 0 Å². The number of nitrogens with two attached hydrogens (primary N) is 1. The Morgan fingerprint density at radius 3 is 2.55 bits per heavy atom. The highest BCUT2D eigenvalue weighted by Gasteiger charge is 2.15. The minimum absolute atomic E-state index is 0.325. The Bertz CT molecular complexity index is 585. The number of amides is 1. The third-order valence-electron chi connectivity index (χ3n) is 2.66. The number of hydrogen-bond acceptors (Lipinski definition) is 4. The second kappa shape index (κ2) is 6.71. The van der Waals surface area contributed by atoms with Gasteiger partial charge < -0.3 is 11.1 Å². The SMILES string of the molecule is CCCC(N)C(=O)Nc1cc(C)ccc1NS(C)(=O)=O. The zero-order valence-corrected chi connectivity index (χ0v) is 12.8. The summed E-state index contributed by atoms with van der Waals surface area (Å²) in [6.45, 7) is 3.79. The summed E-state index contributed by atoms with van der Waals surface area (Å²) in [7, 11) is -3.41. The van der Waals surface area contributed by atoms with Crippen LogP contribution in [0, 0.1) is 6.92 Å². The molecule has 20 heavy (non-hydrogen) atoms. The summed E-state index contributed by atoms with van der Waals surface area (Å²) in [5.74, 6) is -0.325. The first-order chi connectivity index (χ1) is 9.23. The summed E-state index contributed by atoms with van der Waals surface area (Å²) in [5.41, 5.74) is 7.38. The molecule has 0 aromatic heterocycles. The maximum absolute atomic E-state index is 11.9. The maximum Gasteiger partial charge on any atom is 0.241 e. The predicted molar refractivity (Wildman–Crippen MR) is 81.2 cm³/mol. The van der Waals surface area contributed by atoms with Gasteiger partial charge in [-0.3, -0.25) is 9.52 Å². The molecule has 1 rings (SSSR count). The first kappa shape index (κ1) is 16.5. The summed E-state index contributed by atoms with van der Waals surface area (Å²) in [6, 6.07) is 4.46. The van der Waals surface area contributed by atoms with Gasteiger partial charge in [0.1, 0.15) is 0 Å². The summed E-state index contributed by atoms with van der Waals surface area (Å²) >= 11 is 0. The first-order valence-electron chi connectivity index (χ1n) is 6.38. The number of hydrogen-bond donors (Lipinski definition) is 3. The molecular weight excluding hydrogens is 278 g/mol. The Morgan fingerprint density at radius 2 is 2.00 bits per heavy atom. The number of anilines is 2. The Kier molecular flexibility index (Phi) is 5.52. The molecule has 6 nitrogen and oxygen atoms in total. The molecule has 0 aliphatic heterocycles. The Balaban J connectivity index is 2.98. The fourth-order valence-electron chi connectivity index (χ4n) is 1.72. The van der Waals surface area contributed by atoms with Crippen molar-refractivity contribution in [2.75, 3.05) is 16.3 Å². The molecule has 7 heteroatoms. The number of sulfonamides is 1. The van der Waals surface area contributed by atoms with Gasteiger partial charge in [0.15, 0.2) is 0 Å². The van der Waals surface area contributed by atoms with Crippen molar-refractivity contribution in [1.82, 2.24) is 0 Å². The molecule has 0 bridgehead atoms. The molecule has 1 aromatic carbocycles. The fraction of sp³-hybridized carbons (Fsp3) is 0.462. The van der Waals surface area contributed by atoms with Crippen molar-refractivity contribution in [3.8, 4) is 0 Å². The molecule has 0 radical (unpaired) electrons. The minimum Gasteiger partial charge on any atom is -0.323 e. The van der Waals surface area contributed by atoms with Gasteiger partial charge >= 0.3 is 0 Å². The van der Waals surface area contributed by atoms with E-state index in [1.54, 1.807) is 18.2 Å². The van der Waals surface area contributed by atoms with Gasteiger partial charge in [0.05, 0.1) is 23.7 Å². The lowest BCUT2D eigenvalue weighted by atomic mass is 10.1. The van der Waals surface area contributed by atoms with Gasteiger partial charge in [-0.05, 0) is 31.0 Å². The van der Waals surface area contributed by atoms with E-state index in [-0.39, 0.29) is 5.91 Å². The first-order valence-corrected chi connectivity index (χ1v) is 8.27. The lowest BCUT2D eigenvalue weighted by Gasteiger charge is -2.15. The molecule has 4 N–H and O–H groups in total. The number of carbonyl (C=O) groups excluding carboxylic acids is 1. The van der Waals surface area contributed by atoms with E-state index in [2.05, 4.69) is 10.0 Å². The molecule has 1 aromatic rings. The van der Waals surface area contributed by atoms with E-state index in [0.29, 0.717) is 17.8 Å². The van der Waals surface area contributed by atoms with Crippen LogP contribution < -0.4 is 15.8 Å². The van der Waals surface area contributed by atoms with Crippen molar-refractivity contribution >= 4 is 27.3 Å². The van der Waals surface area contributed by atoms with Gasteiger partial charge in [0.2, 0.25) is 15.9 Å². The van der Waals surface area contributed by atoms with E-state index in [1.807, 2.05) is 13.8 Å². The quantitative estimate of drug-likeness (QED) is 0.739. The summed E-state index contributed by atoms with van der Waals surface area (Å²) < 4.78 is 25.0. The molecule has 0 spiro atoms. The highest BCUT2D eigenvalue weighted by molar-refractivity contribution is 7.92. The molecule has 0 saturated heterocycles. The van der Waals surface area contributed by atoms with Crippen LogP contribution >= 0.6 is 0 Å². The molecule has 0 aliphatic carbocycles. The van der Waals surface area contributed by atoms with Crippen LogP contribution in [0.4, 0.5) is 11.4 Å². The van der Waals surface area contributed by atoms with Crippen LogP contribution in [0.2, 0.25) is 0 Å². The molecule has 0 aliphatic rings. The summed E-state index contributed by atoms with van der Waals surface area (Å²) in [6.07, 6.45) is 2.44. The van der Waals surface area contributed by atoms with Crippen molar-refractivity contribution in [3.63, 3.8) is 0 Å². The molecule has 1 amide bonds. The second-order valence-corrected chi connectivity index (χ2v) is 6.56. The molecule has 0 heterocycles. The van der Waals surface area contributed by atoms with Crippen LogP contribution in [-0.4, -0.2) is 26.6 Å². The van der Waals surface area contributed by atoms with Crippen molar-refractivity contribution in [2.24, 2.45) is 5.73 Å². The zero-order valence-electron chi connectivity index (χ0n) is 11.9. The van der Waals surface area contributed by atoms with E-state index in [1.165, 1.54) is 0 Å². The number of nitrogens with one attached hydrogen (secondary N) is 2. The van der Waals surface area contributed by atoms with Crippen molar-refractivity contribution < 1.29 is 13.2 Å².